The van der Waals surface area contributed by atoms with Crippen LogP contribution in [0.15, 0.2) is 16.7 Å². The van der Waals surface area contributed by atoms with Crippen molar-refractivity contribution in [1.82, 2.24) is 19.7 Å². The van der Waals surface area contributed by atoms with Gasteiger partial charge in [-0.05, 0) is 25.8 Å². The van der Waals surface area contributed by atoms with Gasteiger partial charge in [-0.1, -0.05) is 6.92 Å². The molecule has 0 radical (unpaired) electrons. The van der Waals surface area contributed by atoms with Crippen LogP contribution >= 0.6 is 0 Å². The van der Waals surface area contributed by atoms with Gasteiger partial charge in [0, 0.05) is 31.6 Å². The minimum Gasteiger partial charge on any atom is -0.480 e. The van der Waals surface area contributed by atoms with E-state index in [1.54, 1.807) is 18.0 Å². The third kappa shape index (κ3) is 3.72. The number of carbonyl (C=O) groups is 2. The molecule has 3 heterocycles. The van der Waals surface area contributed by atoms with Gasteiger partial charge >= 0.3 is 5.97 Å². The number of aryl methyl sites for hydroxylation is 2. The lowest BCUT2D eigenvalue weighted by molar-refractivity contribution is -0.137. The third-order valence-electron chi connectivity index (χ3n) is 4.42. The van der Waals surface area contributed by atoms with Crippen LogP contribution in [0.5, 0.6) is 0 Å². The number of likely N-dealkylation sites (tertiary alicyclic amines) is 1. The number of amides is 1. The van der Waals surface area contributed by atoms with Gasteiger partial charge in [-0.2, -0.15) is 5.10 Å². The third-order valence-corrected chi connectivity index (χ3v) is 4.42. The molecule has 0 unspecified atom stereocenters. The van der Waals surface area contributed by atoms with E-state index in [1.165, 1.54) is 4.68 Å². The maximum absolute atomic E-state index is 12.8. The van der Waals surface area contributed by atoms with Gasteiger partial charge in [0.1, 0.15) is 6.54 Å². The Bertz CT molecular complexity index is 779. The summed E-state index contributed by atoms with van der Waals surface area (Å²) < 4.78 is 6.99. The van der Waals surface area contributed by atoms with Crippen molar-refractivity contribution in [3.05, 3.63) is 35.3 Å². The van der Waals surface area contributed by atoms with E-state index in [9.17, 15) is 9.59 Å². The second kappa shape index (κ2) is 7.08. The van der Waals surface area contributed by atoms with Crippen LogP contribution in [0.1, 0.15) is 53.5 Å². The average Bonchev–Trinajstić information content (AvgIpc) is 3.20. The Kier molecular flexibility index (Phi) is 4.87. The molecule has 0 saturated carbocycles. The van der Waals surface area contributed by atoms with E-state index in [0.29, 0.717) is 36.9 Å². The van der Waals surface area contributed by atoms with Gasteiger partial charge in [-0.25, -0.2) is 4.98 Å². The Morgan fingerprint density at radius 3 is 2.92 bits per heavy atom. The molecule has 3 rings (SSSR count). The molecule has 2 aromatic rings. The number of carboxylic acid groups (broad SMARTS) is 1. The van der Waals surface area contributed by atoms with Crippen molar-refractivity contribution < 1.29 is 19.1 Å². The number of aromatic nitrogens is 3. The molecule has 25 heavy (non-hydrogen) atoms. The van der Waals surface area contributed by atoms with Gasteiger partial charge in [0.15, 0.2) is 5.89 Å². The zero-order chi connectivity index (χ0) is 18.0. The van der Waals surface area contributed by atoms with Crippen LogP contribution < -0.4 is 0 Å². The molecular formula is C17H22N4O4. The first-order valence-corrected chi connectivity index (χ1v) is 8.48. The Labute approximate surface area is 145 Å². The minimum absolute atomic E-state index is 0.0987. The number of rotatable bonds is 5. The van der Waals surface area contributed by atoms with Crippen molar-refractivity contribution in [2.45, 2.75) is 45.6 Å². The van der Waals surface area contributed by atoms with Gasteiger partial charge in [-0.15, -0.1) is 0 Å². The summed E-state index contributed by atoms with van der Waals surface area (Å²) in [4.78, 5) is 29.6. The molecule has 2 aromatic heterocycles. The molecule has 8 nitrogen and oxygen atoms in total. The number of aliphatic carboxylic acids is 1. The first-order chi connectivity index (χ1) is 12.0. The minimum atomic E-state index is -0.928. The highest BCUT2D eigenvalue weighted by molar-refractivity contribution is 5.92. The quantitative estimate of drug-likeness (QED) is 0.886. The van der Waals surface area contributed by atoms with Gasteiger partial charge in [-0.3, -0.25) is 14.3 Å². The van der Waals surface area contributed by atoms with Crippen molar-refractivity contribution in [3.63, 3.8) is 0 Å². The maximum Gasteiger partial charge on any atom is 0.325 e. The largest absolute Gasteiger partial charge is 0.480 e. The van der Waals surface area contributed by atoms with Gasteiger partial charge < -0.3 is 14.4 Å². The summed E-state index contributed by atoms with van der Waals surface area (Å²) in [6.07, 6.45) is 4.11. The second-order valence-electron chi connectivity index (χ2n) is 6.30. The summed E-state index contributed by atoms with van der Waals surface area (Å²) in [6, 6.07) is 1.83. The van der Waals surface area contributed by atoms with Crippen LogP contribution in [-0.4, -0.2) is 49.7 Å². The molecular weight excluding hydrogens is 324 g/mol. The highest BCUT2D eigenvalue weighted by Crippen LogP contribution is 2.27. The van der Waals surface area contributed by atoms with Crippen LogP contribution in [0.3, 0.4) is 0 Å². The summed E-state index contributed by atoms with van der Waals surface area (Å²) >= 11 is 0. The molecule has 1 aliphatic heterocycles. The maximum atomic E-state index is 12.8. The standard InChI is InChI=1S/C17H22N4O4/c1-3-14-18-11(2)16(25-14)17(24)20-7-4-5-12(9-20)13-6-8-21(19-13)10-15(22)23/h6,8,12H,3-5,7,9-10H2,1-2H3,(H,22,23)/t12-/m0/s1. The fraction of sp³-hybridized carbons (Fsp3) is 0.529. The van der Waals surface area contributed by atoms with Crippen LogP contribution in [0.4, 0.5) is 0 Å². The highest BCUT2D eigenvalue weighted by Gasteiger charge is 2.29. The van der Waals surface area contributed by atoms with Crippen LogP contribution in [-0.2, 0) is 17.8 Å². The fourth-order valence-corrected chi connectivity index (χ4v) is 3.17. The van der Waals surface area contributed by atoms with E-state index in [-0.39, 0.29) is 18.4 Å². The van der Waals surface area contributed by atoms with E-state index in [0.717, 1.165) is 18.5 Å². The molecule has 0 bridgehead atoms. The SMILES string of the molecule is CCc1nc(C)c(C(=O)N2CCC[C@H](c3ccn(CC(=O)O)n3)C2)o1. The summed E-state index contributed by atoms with van der Waals surface area (Å²) in [5.74, 6) is -0.0839. The molecule has 1 fully saturated rings. The zero-order valence-corrected chi connectivity index (χ0v) is 14.4. The first-order valence-electron chi connectivity index (χ1n) is 8.48. The second-order valence-corrected chi connectivity index (χ2v) is 6.30. The summed E-state index contributed by atoms with van der Waals surface area (Å²) in [5, 5.41) is 13.2. The number of oxazole rings is 1. The van der Waals surface area contributed by atoms with E-state index in [4.69, 9.17) is 9.52 Å². The van der Waals surface area contributed by atoms with Gasteiger partial charge in [0.05, 0.1) is 11.4 Å². The molecule has 8 heteroatoms. The van der Waals surface area contributed by atoms with E-state index >= 15 is 0 Å². The molecule has 0 aromatic carbocycles. The van der Waals surface area contributed by atoms with Crippen molar-refractivity contribution in [2.24, 2.45) is 0 Å². The lowest BCUT2D eigenvalue weighted by Crippen LogP contribution is -2.39. The van der Waals surface area contributed by atoms with Gasteiger partial charge in [0.2, 0.25) is 5.76 Å². The topological polar surface area (TPSA) is 101 Å². The fourth-order valence-electron chi connectivity index (χ4n) is 3.17. The number of piperidine rings is 1. The Balaban J connectivity index is 1.72. The lowest BCUT2D eigenvalue weighted by atomic mass is 9.95. The van der Waals surface area contributed by atoms with Crippen LogP contribution in [0, 0.1) is 6.92 Å². The summed E-state index contributed by atoms with van der Waals surface area (Å²) in [6.45, 7) is 4.78. The predicted molar refractivity (Wildman–Crippen MR) is 88.4 cm³/mol. The molecule has 1 amide bonds. The van der Waals surface area contributed by atoms with Crippen LogP contribution in [0.25, 0.3) is 0 Å². The Morgan fingerprint density at radius 2 is 2.24 bits per heavy atom. The number of nitrogens with zero attached hydrogens (tertiary/aromatic N) is 4. The smallest absolute Gasteiger partial charge is 0.325 e. The highest BCUT2D eigenvalue weighted by atomic mass is 16.4. The summed E-state index contributed by atoms with van der Waals surface area (Å²) in [5.41, 5.74) is 1.44. The van der Waals surface area contributed by atoms with E-state index in [1.807, 2.05) is 13.0 Å². The Morgan fingerprint density at radius 1 is 1.44 bits per heavy atom. The van der Waals surface area contributed by atoms with Gasteiger partial charge in [0.25, 0.3) is 5.91 Å². The monoisotopic (exact) mass is 346 g/mol. The van der Waals surface area contributed by atoms with Crippen molar-refractivity contribution >= 4 is 11.9 Å². The molecule has 1 atom stereocenters. The van der Waals surface area contributed by atoms with E-state index < -0.39 is 5.97 Å². The molecule has 1 saturated heterocycles. The molecule has 0 spiro atoms. The number of carbonyl (C=O) groups excluding carboxylic acids is 1. The van der Waals surface area contributed by atoms with Crippen molar-refractivity contribution in [3.8, 4) is 0 Å². The Hall–Kier alpha value is -2.64. The zero-order valence-electron chi connectivity index (χ0n) is 14.4. The number of hydrogen-bond donors (Lipinski definition) is 1. The number of carboxylic acids is 1. The molecule has 1 aliphatic rings. The van der Waals surface area contributed by atoms with E-state index in [2.05, 4.69) is 10.1 Å². The van der Waals surface area contributed by atoms with Crippen molar-refractivity contribution in [2.75, 3.05) is 13.1 Å². The summed E-state index contributed by atoms with van der Waals surface area (Å²) in [7, 11) is 0. The number of hydrogen-bond acceptors (Lipinski definition) is 5. The first kappa shape index (κ1) is 17.2. The lowest BCUT2D eigenvalue weighted by Gasteiger charge is -2.31. The molecule has 134 valence electrons. The normalized spacial score (nSPS) is 17.7. The van der Waals surface area contributed by atoms with Crippen LogP contribution in [0.2, 0.25) is 0 Å². The molecule has 0 aliphatic carbocycles. The molecule has 1 N–H and O–H groups in total. The van der Waals surface area contributed by atoms with Crippen molar-refractivity contribution in [1.29, 1.82) is 0 Å². The predicted octanol–water partition coefficient (Wildman–Crippen LogP) is 1.85. The average molecular weight is 346 g/mol.